The van der Waals surface area contributed by atoms with Gasteiger partial charge >= 0.3 is 13.6 Å². The van der Waals surface area contributed by atoms with Crippen molar-refractivity contribution < 1.29 is 33.6 Å². The average Bonchev–Trinajstić information content (AvgIpc) is 2.28. The normalized spacial score (nSPS) is 14.5. The second-order valence-electron chi connectivity index (χ2n) is 4.65. The molecule has 21 heavy (non-hydrogen) atoms. The molecule has 0 spiro atoms. The second-order valence-corrected chi connectivity index (χ2v) is 6.26. The molecule has 0 aliphatic rings. The van der Waals surface area contributed by atoms with Crippen LogP contribution in [-0.4, -0.2) is 44.9 Å². The summed E-state index contributed by atoms with van der Waals surface area (Å²) in [5.74, 6) is -0.817. The van der Waals surface area contributed by atoms with Gasteiger partial charge in [0.15, 0.2) is 12.8 Å². The number of hydroxylamine groups is 3. The van der Waals surface area contributed by atoms with E-state index in [2.05, 4.69) is 0 Å². The van der Waals surface area contributed by atoms with Gasteiger partial charge in [-0.3, -0.25) is 4.57 Å². The lowest BCUT2D eigenvalue weighted by Gasteiger charge is -2.41. The fraction of sp³-hybridized carbons (Fsp3) is 0.417. The number of quaternary nitrogens is 1. The van der Waals surface area contributed by atoms with Crippen LogP contribution in [0.15, 0.2) is 24.3 Å². The van der Waals surface area contributed by atoms with Gasteiger partial charge in [-0.2, -0.15) is 0 Å². The van der Waals surface area contributed by atoms with E-state index in [1.165, 1.54) is 0 Å². The maximum atomic E-state index is 12.3. The molecular weight excluding hydrogens is 301 g/mol. The summed E-state index contributed by atoms with van der Waals surface area (Å²) in [5, 5.41) is 21.1. The van der Waals surface area contributed by atoms with Gasteiger partial charge in [-0.1, -0.05) is 0 Å². The number of rotatable bonds is 8. The number of hydrogen-bond acceptors (Lipinski definition) is 4. The van der Waals surface area contributed by atoms with Crippen molar-refractivity contribution in [3.05, 3.63) is 35.0 Å². The Kier molecular flexibility index (Phi) is 5.88. The molecule has 0 aliphatic heterocycles. The number of carboxylic acids is 1. The van der Waals surface area contributed by atoms with Gasteiger partial charge in [0.25, 0.3) is 0 Å². The molecule has 0 saturated heterocycles. The van der Waals surface area contributed by atoms with Crippen LogP contribution < -0.4 is 4.74 Å². The molecule has 118 valence electrons. The summed E-state index contributed by atoms with van der Waals surface area (Å²) in [7, 11) is -4.63. The molecule has 1 aromatic rings. The molecule has 1 rings (SSSR count). The lowest BCUT2D eigenvalue weighted by Crippen LogP contribution is -2.45. The Labute approximate surface area is 121 Å². The summed E-state index contributed by atoms with van der Waals surface area (Å²) in [5.41, 5.74) is 0.475. The summed E-state index contributed by atoms with van der Waals surface area (Å²) in [6, 6.07) is 6.36. The Balaban J connectivity index is 2.89. The van der Waals surface area contributed by atoms with Crippen LogP contribution in [0.1, 0.15) is 12.5 Å². The van der Waals surface area contributed by atoms with Gasteiger partial charge in [0, 0.05) is 5.56 Å². The molecule has 1 atom stereocenters. The largest absolute Gasteiger partial charge is 0.632 e. The number of benzene rings is 1. The molecule has 0 bridgehead atoms. The number of carboxylic acid groups (broad SMARTS) is 1. The van der Waals surface area contributed by atoms with Crippen LogP contribution in [0.2, 0.25) is 0 Å². The molecular formula is C12H18NO7P. The van der Waals surface area contributed by atoms with Crippen molar-refractivity contribution in [2.45, 2.75) is 13.5 Å². The highest BCUT2D eigenvalue weighted by Gasteiger charge is 2.30. The van der Waals surface area contributed by atoms with E-state index < -0.39 is 31.0 Å². The Hall–Kier alpha value is -1.44. The first-order valence-electron chi connectivity index (χ1n) is 6.19. The molecule has 1 aromatic carbocycles. The van der Waals surface area contributed by atoms with Gasteiger partial charge in [0.2, 0.25) is 0 Å². The highest BCUT2D eigenvalue weighted by molar-refractivity contribution is 7.51. The third-order valence-corrected chi connectivity index (χ3v) is 3.45. The average molecular weight is 319 g/mol. The topological polar surface area (TPSA) is 127 Å². The molecule has 9 heteroatoms. The van der Waals surface area contributed by atoms with E-state index in [1.807, 2.05) is 6.92 Å². The summed E-state index contributed by atoms with van der Waals surface area (Å²) < 4.78 is 14.7. The highest BCUT2D eigenvalue weighted by Crippen LogP contribution is 2.38. The molecule has 0 aromatic heterocycles. The fourth-order valence-electron chi connectivity index (χ4n) is 1.93. The standard InChI is InChI=1S/C12H18NO7P/c1-2-20-11-5-3-10(4-6-11)7-13(16,8-12(14)15)9-21(17,18)19/h3-6H,2,7-9H2,1H3,(H,14,15)(H2,17,18,19). The minimum absolute atomic E-state index is 0.343. The van der Waals surface area contributed by atoms with Crippen LogP contribution in [0.4, 0.5) is 0 Å². The summed E-state index contributed by atoms with van der Waals surface area (Å²) in [4.78, 5) is 28.6. The predicted octanol–water partition coefficient (Wildman–Crippen LogP) is 1.12. The smallest absolute Gasteiger partial charge is 0.379 e. The third kappa shape index (κ3) is 6.70. The monoisotopic (exact) mass is 319 g/mol. The van der Waals surface area contributed by atoms with E-state index in [0.29, 0.717) is 17.9 Å². The number of carbonyl (C=O) groups is 1. The Morgan fingerprint density at radius 3 is 2.33 bits per heavy atom. The van der Waals surface area contributed by atoms with E-state index in [4.69, 9.17) is 19.6 Å². The molecule has 0 aliphatic carbocycles. The highest BCUT2D eigenvalue weighted by atomic mass is 31.2. The molecule has 0 heterocycles. The van der Waals surface area contributed by atoms with E-state index in [1.54, 1.807) is 24.3 Å². The fourth-order valence-corrected chi connectivity index (χ4v) is 2.80. The van der Waals surface area contributed by atoms with Crippen LogP contribution in [-0.2, 0) is 15.9 Å². The minimum Gasteiger partial charge on any atom is -0.632 e. The number of aliphatic carboxylic acids is 1. The molecule has 1 unspecified atom stereocenters. The van der Waals surface area contributed by atoms with Gasteiger partial charge in [-0.05, 0) is 31.2 Å². The van der Waals surface area contributed by atoms with Crippen LogP contribution in [0.25, 0.3) is 0 Å². The van der Waals surface area contributed by atoms with Crippen LogP contribution in [0.5, 0.6) is 5.75 Å². The molecule has 0 saturated carbocycles. The zero-order chi connectivity index (χ0) is 16.1. The van der Waals surface area contributed by atoms with Crippen molar-refractivity contribution in [2.75, 3.05) is 19.4 Å². The quantitative estimate of drug-likeness (QED) is 0.372. The molecule has 0 amide bonds. The van der Waals surface area contributed by atoms with E-state index in [9.17, 15) is 14.6 Å². The number of ether oxygens (including phenoxy) is 1. The van der Waals surface area contributed by atoms with Crippen LogP contribution >= 0.6 is 7.60 Å². The van der Waals surface area contributed by atoms with Crippen LogP contribution in [0.3, 0.4) is 0 Å². The zero-order valence-electron chi connectivity index (χ0n) is 11.5. The van der Waals surface area contributed by atoms with Gasteiger partial charge < -0.3 is 29.5 Å². The van der Waals surface area contributed by atoms with Gasteiger partial charge in [0.05, 0.1) is 6.61 Å². The first kappa shape index (κ1) is 17.6. The van der Waals surface area contributed by atoms with Crippen molar-refractivity contribution in [1.29, 1.82) is 0 Å². The molecule has 0 radical (unpaired) electrons. The molecule has 3 N–H and O–H groups in total. The third-order valence-electron chi connectivity index (χ3n) is 2.57. The first-order chi connectivity index (χ1) is 9.63. The molecule has 8 nitrogen and oxygen atoms in total. The Bertz CT molecular complexity index is 527. The number of nitrogens with zero attached hydrogens (tertiary/aromatic N) is 1. The van der Waals surface area contributed by atoms with Crippen molar-refractivity contribution in [1.82, 2.24) is 0 Å². The second kappa shape index (κ2) is 7.02. The SMILES string of the molecule is CCOc1ccc(C[N+]([O-])(CC(=O)O)CP(=O)(O)O)cc1. The van der Waals surface area contributed by atoms with E-state index in [-0.39, 0.29) is 6.54 Å². The van der Waals surface area contributed by atoms with Gasteiger partial charge in [-0.15, -0.1) is 0 Å². The van der Waals surface area contributed by atoms with Gasteiger partial charge in [0.1, 0.15) is 12.3 Å². The Morgan fingerprint density at radius 1 is 1.33 bits per heavy atom. The summed E-state index contributed by atoms with van der Waals surface area (Å²) >= 11 is 0. The lowest BCUT2D eigenvalue weighted by molar-refractivity contribution is -0.876. The van der Waals surface area contributed by atoms with Crippen molar-refractivity contribution in [2.24, 2.45) is 0 Å². The maximum Gasteiger partial charge on any atom is 0.379 e. The van der Waals surface area contributed by atoms with Crippen molar-refractivity contribution in [3.63, 3.8) is 0 Å². The number of hydrogen-bond donors (Lipinski definition) is 3. The van der Waals surface area contributed by atoms with Crippen LogP contribution in [0, 0.1) is 5.21 Å². The molecule has 0 fully saturated rings. The lowest BCUT2D eigenvalue weighted by atomic mass is 10.2. The van der Waals surface area contributed by atoms with Crippen molar-refractivity contribution in [3.8, 4) is 5.75 Å². The summed E-state index contributed by atoms with van der Waals surface area (Å²) in [6.45, 7) is 1.04. The minimum atomic E-state index is -4.63. The zero-order valence-corrected chi connectivity index (χ0v) is 12.4. The van der Waals surface area contributed by atoms with Crippen molar-refractivity contribution >= 4 is 13.6 Å². The first-order valence-corrected chi connectivity index (χ1v) is 7.98. The maximum absolute atomic E-state index is 12.3. The summed E-state index contributed by atoms with van der Waals surface area (Å²) in [6.07, 6.45) is -1.08. The van der Waals surface area contributed by atoms with E-state index in [0.717, 1.165) is 0 Å². The van der Waals surface area contributed by atoms with E-state index >= 15 is 0 Å². The van der Waals surface area contributed by atoms with Gasteiger partial charge in [-0.25, -0.2) is 4.79 Å². The Morgan fingerprint density at radius 2 is 1.90 bits per heavy atom. The predicted molar refractivity (Wildman–Crippen MR) is 74.4 cm³/mol.